The molecule has 2 rings (SSSR count). The predicted octanol–water partition coefficient (Wildman–Crippen LogP) is 2.07. The Morgan fingerprint density at radius 1 is 1.33 bits per heavy atom. The van der Waals surface area contributed by atoms with Gasteiger partial charge < -0.3 is 9.88 Å². The van der Waals surface area contributed by atoms with Gasteiger partial charge in [0.15, 0.2) is 0 Å². The third-order valence-electron chi connectivity index (χ3n) is 3.06. The highest BCUT2D eigenvalue weighted by Gasteiger charge is 2.03. The SMILES string of the molecule is CCCCNc1nccn1CCc1ccnn1C. The van der Waals surface area contributed by atoms with Crippen molar-refractivity contribution < 1.29 is 0 Å². The van der Waals surface area contributed by atoms with E-state index >= 15 is 0 Å². The minimum atomic E-state index is 0.925. The number of nitrogens with one attached hydrogen (secondary N) is 1. The molecular formula is C13H21N5. The van der Waals surface area contributed by atoms with E-state index in [9.17, 15) is 0 Å². The maximum absolute atomic E-state index is 4.34. The van der Waals surface area contributed by atoms with Crippen LogP contribution in [0.1, 0.15) is 25.5 Å². The first-order chi connectivity index (χ1) is 8.81. The van der Waals surface area contributed by atoms with Crippen molar-refractivity contribution in [3.05, 3.63) is 30.4 Å². The van der Waals surface area contributed by atoms with Crippen molar-refractivity contribution in [3.63, 3.8) is 0 Å². The Bertz CT molecular complexity index is 471. The van der Waals surface area contributed by atoms with Gasteiger partial charge in [0.2, 0.25) is 5.95 Å². The second kappa shape index (κ2) is 6.23. The van der Waals surface area contributed by atoms with E-state index in [1.165, 1.54) is 18.5 Å². The molecule has 0 saturated carbocycles. The maximum Gasteiger partial charge on any atom is 0.202 e. The molecule has 0 amide bonds. The van der Waals surface area contributed by atoms with Gasteiger partial charge >= 0.3 is 0 Å². The number of aryl methyl sites for hydroxylation is 3. The van der Waals surface area contributed by atoms with Crippen molar-refractivity contribution in [2.75, 3.05) is 11.9 Å². The second-order valence-electron chi connectivity index (χ2n) is 4.42. The van der Waals surface area contributed by atoms with Crippen LogP contribution in [0.3, 0.4) is 0 Å². The zero-order valence-electron chi connectivity index (χ0n) is 11.1. The summed E-state index contributed by atoms with van der Waals surface area (Å²) in [5.74, 6) is 0.964. The summed E-state index contributed by atoms with van der Waals surface area (Å²) in [6, 6.07) is 2.06. The summed E-state index contributed by atoms with van der Waals surface area (Å²) in [5, 5.41) is 7.54. The Morgan fingerprint density at radius 2 is 2.22 bits per heavy atom. The molecule has 0 aliphatic carbocycles. The van der Waals surface area contributed by atoms with Crippen LogP contribution in [-0.4, -0.2) is 25.9 Å². The van der Waals surface area contributed by atoms with Gasteiger partial charge in [-0.05, 0) is 12.5 Å². The molecule has 2 aromatic rings. The molecule has 5 nitrogen and oxygen atoms in total. The smallest absolute Gasteiger partial charge is 0.202 e. The predicted molar refractivity (Wildman–Crippen MR) is 72.5 cm³/mol. The van der Waals surface area contributed by atoms with Gasteiger partial charge in [-0.3, -0.25) is 4.68 Å². The summed E-state index contributed by atoms with van der Waals surface area (Å²) in [7, 11) is 1.98. The fraction of sp³-hybridized carbons (Fsp3) is 0.538. The molecule has 0 atom stereocenters. The largest absolute Gasteiger partial charge is 0.356 e. The number of unbranched alkanes of at least 4 members (excludes halogenated alkanes) is 1. The molecule has 2 aromatic heterocycles. The Morgan fingerprint density at radius 3 is 2.94 bits per heavy atom. The van der Waals surface area contributed by atoms with Crippen LogP contribution in [0, 0.1) is 0 Å². The van der Waals surface area contributed by atoms with Gasteiger partial charge in [-0.15, -0.1) is 0 Å². The zero-order valence-corrected chi connectivity index (χ0v) is 11.1. The van der Waals surface area contributed by atoms with Crippen LogP contribution in [-0.2, 0) is 20.0 Å². The van der Waals surface area contributed by atoms with Crippen LogP contribution in [0.15, 0.2) is 24.7 Å². The molecule has 98 valence electrons. The third kappa shape index (κ3) is 3.12. The van der Waals surface area contributed by atoms with Crippen molar-refractivity contribution in [1.29, 1.82) is 0 Å². The number of imidazole rings is 1. The van der Waals surface area contributed by atoms with E-state index in [0.717, 1.165) is 25.5 Å². The summed E-state index contributed by atoms with van der Waals surface area (Å²) >= 11 is 0. The van der Waals surface area contributed by atoms with Gasteiger partial charge in [0, 0.05) is 50.8 Å². The summed E-state index contributed by atoms with van der Waals surface area (Å²) < 4.78 is 4.07. The minimum Gasteiger partial charge on any atom is -0.356 e. The Hall–Kier alpha value is -1.78. The molecule has 0 radical (unpaired) electrons. The minimum absolute atomic E-state index is 0.925. The van der Waals surface area contributed by atoms with E-state index in [1.807, 2.05) is 30.3 Å². The highest BCUT2D eigenvalue weighted by molar-refractivity contribution is 5.25. The summed E-state index contributed by atoms with van der Waals surface area (Å²) in [6.07, 6.45) is 9.04. The van der Waals surface area contributed by atoms with E-state index in [1.54, 1.807) is 0 Å². The Balaban J connectivity index is 1.89. The van der Waals surface area contributed by atoms with E-state index < -0.39 is 0 Å². The van der Waals surface area contributed by atoms with Crippen molar-refractivity contribution in [2.45, 2.75) is 32.7 Å². The lowest BCUT2D eigenvalue weighted by atomic mass is 10.3. The number of nitrogens with zero attached hydrogens (tertiary/aromatic N) is 4. The first-order valence-electron chi connectivity index (χ1n) is 6.53. The van der Waals surface area contributed by atoms with Crippen molar-refractivity contribution >= 4 is 5.95 Å². The molecule has 0 aliphatic rings. The van der Waals surface area contributed by atoms with Gasteiger partial charge in [0.05, 0.1) is 0 Å². The average Bonchev–Trinajstić information content (AvgIpc) is 2.96. The molecular weight excluding hydrogens is 226 g/mol. The lowest BCUT2D eigenvalue weighted by molar-refractivity contribution is 0.638. The standard InChI is InChI=1S/C13H21N5/c1-3-4-7-14-13-15-9-11-18(13)10-6-12-5-8-16-17(12)2/h5,8-9,11H,3-4,6-7,10H2,1-2H3,(H,14,15). The number of anilines is 1. The number of rotatable bonds is 7. The van der Waals surface area contributed by atoms with Gasteiger partial charge in [-0.2, -0.15) is 5.10 Å². The molecule has 0 spiro atoms. The van der Waals surface area contributed by atoms with Gasteiger partial charge in [-0.25, -0.2) is 4.98 Å². The van der Waals surface area contributed by atoms with Gasteiger partial charge in [0.25, 0.3) is 0 Å². The molecule has 0 bridgehead atoms. The normalized spacial score (nSPS) is 10.8. The van der Waals surface area contributed by atoms with Crippen molar-refractivity contribution in [3.8, 4) is 0 Å². The fourth-order valence-electron chi connectivity index (χ4n) is 1.92. The monoisotopic (exact) mass is 247 g/mol. The molecule has 0 fully saturated rings. The van der Waals surface area contributed by atoms with Crippen LogP contribution >= 0.6 is 0 Å². The molecule has 2 heterocycles. The molecule has 0 unspecified atom stereocenters. The fourth-order valence-corrected chi connectivity index (χ4v) is 1.92. The summed E-state index contributed by atoms with van der Waals surface area (Å²) in [6.45, 7) is 4.10. The van der Waals surface area contributed by atoms with Gasteiger partial charge in [0.1, 0.15) is 0 Å². The van der Waals surface area contributed by atoms with E-state index in [4.69, 9.17) is 0 Å². The Labute approximate surface area is 108 Å². The summed E-state index contributed by atoms with van der Waals surface area (Å²) in [4.78, 5) is 4.34. The number of hydrogen-bond acceptors (Lipinski definition) is 3. The van der Waals surface area contributed by atoms with Crippen LogP contribution in [0.2, 0.25) is 0 Å². The topological polar surface area (TPSA) is 47.7 Å². The van der Waals surface area contributed by atoms with Crippen LogP contribution in [0.25, 0.3) is 0 Å². The maximum atomic E-state index is 4.34. The number of aromatic nitrogens is 4. The zero-order chi connectivity index (χ0) is 12.8. The molecule has 1 N–H and O–H groups in total. The molecule has 5 heteroatoms. The molecule has 0 saturated heterocycles. The van der Waals surface area contributed by atoms with E-state index in [2.05, 4.69) is 33.0 Å². The Kier molecular flexibility index (Phi) is 4.39. The van der Waals surface area contributed by atoms with Crippen LogP contribution in [0.5, 0.6) is 0 Å². The molecule has 0 aromatic carbocycles. The third-order valence-corrected chi connectivity index (χ3v) is 3.06. The lowest BCUT2D eigenvalue weighted by Gasteiger charge is -2.09. The lowest BCUT2D eigenvalue weighted by Crippen LogP contribution is -2.10. The van der Waals surface area contributed by atoms with Crippen molar-refractivity contribution in [2.24, 2.45) is 7.05 Å². The highest BCUT2D eigenvalue weighted by atomic mass is 15.3. The average molecular weight is 247 g/mol. The molecule has 18 heavy (non-hydrogen) atoms. The van der Waals surface area contributed by atoms with Gasteiger partial charge in [-0.1, -0.05) is 13.3 Å². The van der Waals surface area contributed by atoms with E-state index in [0.29, 0.717) is 0 Å². The molecule has 0 aliphatic heterocycles. The van der Waals surface area contributed by atoms with Crippen molar-refractivity contribution in [1.82, 2.24) is 19.3 Å². The highest BCUT2D eigenvalue weighted by Crippen LogP contribution is 2.07. The van der Waals surface area contributed by atoms with Crippen LogP contribution in [0.4, 0.5) is 5.95 Å². The van der Waals surface area contributed by atoms with E-state index in [-0.39, 0.29) is 0 Å². The summed E-state index contributed by atoms with van der Waals surface area (Å²) in [5.41, 5.74) is 1.24. The second-order valence-corrected chi connectivity index (χ2v) is 4.42. The first-order valence-corrected chi connectivity index (χ1v) is 6.53. The van der Waals surface area contributed by atoms with Crippen LogP contribution < -0.4 is 5.32 Å². The number of hydrogen-bond donors (Lipinski definition) is 1. The quantitative estimate of drug-likeness (QED) is 0.762. The first kappa shape index (κ1) is 12.7.